The maximum atomic E-state index is 14.7. The van der Waals surface area contributed by atoms with Crippen LogP contribution in [0.3, 0.4) is 0 Å². The molecule has 5 N–H and O–H groups in total. The number of methoxy groups -OCH3 is 3. The number of piperidine rings is 1. The molecule has 23 heteroatoms. The Kier molecular flexibility index (Phi) is 29.0. The van der Waals surface area contributed by atoms with Crippen LogP contribution in [0, 0.1) is 29.6 Å². The average Bonchev–Trinajstić information content (AvgIpc) is 3.70. The normalized spacial score (nSPS) is 33.6. The Labute approximate surface area is 532 Å². The predicted octanol–water partition coefficient (Wildman–Crippen LogP) is 6.23. The van der Waals surface area contributed by atoms with Gasteiger partial charge in [-0.05, 0) is 120 Å². The molecule has 496 valence electrons. The summed E-state index contributed by atoms with van der Waals surface area (Å²) in [6, 6.07) is -2.14. The number of nitrogens with two attached hydrogens (primary N) is 1. The van der Waals surface area contributed by atoms with Gasteiger partial charge in [-0.15, -0.1) is 0 Å². The van der Waals surface area contributed by atoms with E-state index in [1.807, 2.05) is 56.1 Å². The van der Waals surface area contributed by atoms with Crippen molar-refractivity contribution in [2.75, 3.05) is 72.2 Å². The molecule has 89 heavy (non-hydrogen) atoms. The molecule has 3 saturated heterocycles. The number of amides is 2. The number of carbonyl (C=O) groups is 6. The third-order valence-electron chi connectivity index (χ3n) is 18.3. The zero-order chi connectivity index (χ0) is 65.0. The topological polar surface area (TPSA) is 281 Å². The first-order valence-electron chi connectivity index (χ1n) is 32.1. The van der Waals surface area contributed by atoms with Gasteiger partial charge in [0.2, 0.25) is 17.6 Å². The van der Waals surface area contributed by atoms with E-state index in [1.54, 1.807) is 60.4 Å². The van der Waals surface area contributed by atoms with Crippen LogP contribution in [0.15, 0.2) is 60.0 Å². The first-order chi connectivity index (χ1) is 42.5. The lowest BCUT2D eigenvalue weighted by Crippen LogP contribution is -2.61. The third kappa shape index (κ3) is 20.6. The number of esters is 1. The molecule has 0 aromatic carbocycles. The van der Waals surface area contributed by atoms with Crippen LogP contribution in [-0.2, 0) is 68.5 Å². The molecule has 5 aliphatic rings. The summed E-state index contributed by atoms with van der Waals surface area (Å²) in [5.74, 6) is -7.74. The molecule has 15 atom stereocenters. The van der Waals surface area contributed by atoms with Crippen LogP contribution >= 0.6 is 12.2 Å². The van der Waals surface area contributed by atoms with Gasteiger partial charge in [0, 0.05) is 122 Å². The molecule has 1 saturated carbocycles. The number of aliphatic hydroxyl groups excluding tert-OH is 1. The number of rotatable bonds is 15. The summed E-state index contributed by atoms with van der Waals surface area (Å²) < 4.78 is 41.7. The molecule has 2 amide bonds. The minimum Gasteiger partial charge on any atom is -0.465 e. The van der Waals surface area contributed by atoms with Crippen molar-refractivity contribution in [2.45, 2.75) is 206 Å². The minimum atomic E-state index is -2.48. The number of cyclic esters (lactones) is 1. The highest BCUT2D eigenvalue weighted by Gasteiger charge is 2.53. The van der Waals surface area contributed by atoms with E-state index in [1.165, 1.54) is 7.11 Å². The van der Waals surface area contributed by atoms with E-state index >= 15 is 0 Å². The Bertz CT molecular complexity index is 2650. The van der Waals surface area contributed by atoms with Crippen LogP contribution in [0.1, 0.15) is 144 Å². The number of thiocarbonyl (C=S) groups is 1. The van der Waals surface area contributed by atoms with E-state index < -0.39 is 96.0 Å². The second-order valence-electron chi connectivity index (χ2n) is 25.1. The minimum absolute atomic E-state index is 0.0132. The molecule has 2 bridgehead atoms. The number of hydrogen-bond donors (Lipinski definition) is 4. The number of nitrogens with zero attached hydrogens (tertiary/aromatic N) is 5. The van der Waals surface area contributed by atoms with Crippen LogP contribution in [0.5, 0.6) is 0 Å². The summed E-state index contributed by atoms with van der Waals surface area (Å²) in [5, 5.41) is 27.0. The summed E-state index contributed by atoms with van der Waals surface area (Å²) in [6.45, 7) is 16.5. The van der Waals surface area contributed by atoms with Crippen molar-refractivity contribution < 1.29 is 72.1 Å². The van der Waals surface area contributed by atoms with Crippen LogP contribution in [0.25, 0.3) is 0 Å². The van der Waals surface area contributed by atoms with E-state index in [2.05, 4.69) is 20.2 Å². The van der Waals surface area contributed by atoms with Gasteiger partial charge in [-0.3, -0.25) is 24.0 Å². The third-order valence-corrected chi connectivity index (χ3v) is 18.5. The summed E-state index contributed by atoms with van der Waals surface area (Å²) in [4.78, 5) is 98.7. The lowest BCUT2D eigenvalue weighted by molar-refractivity contribution is -0.265. The molecule has 0 unspecified atom stereocenters. The molecule has 1 aliphatic carbocycles. The molecule has 0 radical (unpaired) electrons. The van der Waals surface area contributed by atoms with Crippen molar-refractivity contribution in [3.05, 3.63) is 65.6 Å². The van der Waals surface area contributed by atoms with Crippen molar-refractivity contribution in [1.29, 1.82) is 0 Å². The summed E-state index contributed by atoms with van der Waals surface area (Å²) in [5.41, 5.74) is 9.06. The van der Waals surface area contributed by atoms with Gasteiger partial charge in [-0.1, -0.05) is 71.1 Å². The van der Waals surface area contributed by atoms with Crippen LogP contribution in [-0.4, -0.2) is 198 Å². The SMILES string of the molecule is CCCOCCC(=O)N1CCN(c2ncc(CNC(=S)O[C@@H]3CC[C@@H](C[C@@H](N)[C@@H]4CC(=O)[C@H](C)/C=C(\C)[C@@H](O)[C@@H](OC)C(=O)[C@H](C)C[C@H](C)/C=C/C=C/C=C(\C)[C@@H](OC)C[C@@H]5CC[C@@H](C)[C@@](O)(O5)C(=O)C(=O)N5CCCC[C@H]5C(=O)O4)C[C@H]3OC)cn2)CC1. The van der Waals surface area contributed by atoms with Crippen molar-refractivity contribution in [3.63, 3.8) is 0 Å². The Balaban J connectivity index is 1.15. The van der Waals surface area contributed by atoms with Crippen molar-refractivity contribution >= 4 is 58.5 Å². The second-order valence-corrected chi connectivity index (χ2v) is 25.5. The zero-order valence-corrected chi connectivity index (χ0v) is 55.0. The standard InChI is InChI=1S/C66H101N7O15S/c1-11-30-85-31-24-57(75)71-26-28-72(29-27-71)64-68-38-48(39-69-64)40-70-65(89)87-53-23-21-47(35-56(53)83-9)34-50(67)55-37-52(74)43(4)33-45(6)59(77)60(84-10)58(76)44(5)32-41(2)17-13-12-14-18-42(3)54(82-8)36-49-22-20-46(7)66(81,88-49)61(78)62(79)73-25-16-15-19-51(73)63(80)86-55/h12-14,17-18,33,38-39,41,43-44,46-47,49-51,53-56,59-60,77,81H,11,15-16,19-32,34-37,40,67H2,1-10H3,(H,70,89)/b14-12+,17-13+,42-18+,45-33+/t41-,43-,44-,46-,47+,49+,50-,51+,53-,54+,55+,56-,59-,60+,66-/m1/s1. The van der Waals surface area contributed by atoms with E-state index in [-0.39, 0.29) is 60.3 Å². The maximum absolute atomic E-state index is 14.7. The molecule has 4 fully saturated rings. The number of nitrogens with one attached hydrogen (secondary N) is 1. The highest BCUT2D eigenvalue weighted by Crippen LogP contribution is 2.38. The fraction of sp³-hybridized carbons (Fsp3) is 0.712. The Morgan fingerprint density at radius 1 is 0.865 bits per heavy atom. The first-order valence-corrected chi connectivity index (χ1v) is 32.5. The highest BCUT2D eigenvalue weighted by atomic mass is 32.1. The summed E-state index contributed by atoms with van der Waals surface area (Å²) >= 11 is 5.65. The number of fused-ring (bicyclic) bond motifs is 3. The number of piperazine rings is 1. The van der Waals surface area contributed by atoms with E-state index in [0.29, 0.717) is 122 Å². The van der Waals surface area contributed by atoms with E-state index in [4.69, 9.17) is 51.1 Å². The quantitative estimate of drug-likeness (QED) is 0.0498. The zero-order valence-electron chi connectivity index (χ0n) is 54.2. The molecule has 0 spiro atoms. The Hall–Kier alpha value is -5.37. The van der Waals surface area contributed by atoms with Crippen LogP contribution in [0.4, 0.5) is 5.95 Å². The maximum Gasteiger partial charge on any atom is 0.329 e. The summed E-state index contributed by atoms with van der Waals surface area (Å²) in [7, 11) is 4.53. The first kappa shape index (κ1) is 72.7. The smallest absolute Gasteiger partial charge is 0.329 e. The van der Waals surface area contributed by atoms with E-state index in [9.17, 15) is 39.0 Å². The van der Waals surface area contributed by atoms with Gasteiger partial charge in [0.05, 0.1) is 31.3 Å². The van der Waals surface area contributed by atoms with Gasteiger partial charge in [0.25, 0.3) is 16.9 Å². The van der Waals surface area contributed by atoms with Crippen molar-refractivity contribution in [2.24, 2.45) is 35.3 Å². The lowest BCUT2D eigenvalue weighted by atomic mass is 9.80. The number of ether oxygens (including phenoxy) is 7. The fourth-order valence-electron chi connectivity index (χ4n) is 12.7. The number of Topliss-reactive ketones (excluding diaryl/α,β-unsaturated/α-hetero) is 3. The number of hydrogen-bond acceptors (Lipinski definition) is 20. The molecule has 5 heterocycles. The van der Waals surface area contributed by atoms with Crippen molar-refractivity contribution in [3.8, 4) is 0 Å². The van der Waals surface area contributed by atoms with Crippen LogP contribution in [0.2, 0.25) is 0 Å². The number of aromatic nitrogens is 2. The Morgan fingerprint density at radius 3 is 2.28 bits per heavy atom. The van der Waals surface area contributed by atoms with Gasteiger partial charge in [0.15, 0.2) is 5.78 Å². The molecular formula is C66H101N7O15S. The molecular weight excluding hydrogens is 1160 g/mol. The number of carbonyl (C=O) groups excluding carboxylic acids is 6. The number of anilines is 1. The van der Waals surface area contributed by atoms with Gasteiger partial charge in [-0.2, -0.15) is 0 Å². The average molecular weight is 1260 g/mol. The monoisotopic (exact) mass is 1260 g/mol. The lowest BCUT2D eigenvalue weighted by Gasteiger charge is -2.42. The number of ketones is 3. The molecule has 1 aromatic rings. The fourth-order valence-corrected chi connectivity index (χ4v) is 12.9. The molecule has 4 aliphatic heterocycles. The van der Waals surface area contributed by atoms with Crippen LogP contribution < -0.4 is 16.0 Å². The van der Waals surface area contributed by atoms with E-state index in [0.717, 1.165) is 22.5 Å². The van der Waals surface area contributed by atoms with Gasteiger partial charge in [0.1, 0.15) is 36.2 Å². The Morgan fingerprint density at radius 2 is 1.60 bits per heavy atom. The van der Waals surface area contributed by atoms with Gasteiger partial charge in [-0.25, -0.2) is 14.8 Å². The predicted molar refractivity (Wildman–Crippen MR) is 339 cm³/mol. The molecule has 6 rings (SSSR count). The van der Waals surface area contributed by atoms with Gasteiger partial charge >= 0.3 is 5.97 Å². The number of allylic oxidation sites excluding steroid dienone is 6. The number of aliphatic hydroxyl groups is 2. The molecule has 1 aromatic heterocycles. The largest absolute Gasteiger partial charge is 0.465 e. The van der Waals surface area contributed by atoms with Gasteiger partial charge < -0.3 is 69.1 Å². The van der Waals surface area contributed by atoms with Crippen molar-refractivity contribution in [1.82, 2.24) is 25.1 Å². The molecule has 22 nitrogen and oxygen atoms in total. The highest BCUT2D eigenvalue weighted by molar-refractivity contribution is 7.80. The second kappa shape index (κ2) is 35.4. The summed E-state index contributed by atoms with van der Waals surface area (Å²) in [6.07, 6.45) is 14.6.